The SMILES string of the molecule is Cc1ccc(NC(=O)N(C)CC2CC(Oc3cccc(CN4CCCC4)c3Cl)C2)cc1C. The first-order valence-electron chi connectivity index (χ1n) is 11.6. The molecule has 2 fully saturated rings. The van der Waals surface area contributed by atoms with Crippen LogP contribution in [0.1, 0.15) is 42.4 Å². The van der Waals surface area contributed by atoms with E-state index in [2.05, 4.69) is 30.1 Å². The fourth-order valence-electron chi connectivity index (χ4n) is 4.56. The van der Waals surface area contributed by atoms with E-state index >= 15 is 0 Å². The Kier molecular flexibility index (Phi) is 7.27. The van der Waals surface area contributed by atoms with E-state index in [-0.39, 0.29) is 12.1 Å². The molecule has 0 atom stereocenters. The van der Waals surface area contributed by atoms with Crippen molar-refractivity contribution in [2.75, 3.05) is 32.0 Å². The van der Waals surface area contributed by atoms with Crippen LogP contribution in [0.25, 0.3) is 0 Å². The summed E-state index contributed by atoms with van der Waals surface area (Å²) in [5.74, 6) is 1.23. The van der Waals surface area contributed by atoms with Gasteiger partial charge in [-0.1, -0.05) is 29.8 Å². The number of amides is 2. The molecule has 1 aliphatic heterocycles. The first kappa shape index (κ1) is 22.9. The van der Waals surface area contributed by atoms with Gasteiger partial charge < -0.3 is 15.0 Å². The van der Waals surface area contributed by atoms with Crippen molar-refractivity contribution in [3.05, 3.63) is 58.1 Å². The van der Waals surface area contributed by atoms with Crippen LogP contribution in [0.2, 0.25) is 5.02 Å². The molecule has 4 rings (SSSR count). The monoisotopic (exact) mass is 455 g/mol. The molecule has 6 heteroatoms. The second-order valence-corrected chi connectivity index (χ2v) is 9.78. The van der Waals surface area contributed by atoms with Gasteiger partial charge >= 0.3 is 6.03 Å². The number of halogens is 1. The zero-order chi connectivity index (χ0) is 22.7. The Morgan fingerprint density at radius 3 is 2.62 bits per heavy atom. The highest BCUT2D eigenvalue weighted by Gasteiger charge is 2.33. The number of hydrogen-bond donors (Lipinski definition) is 1. The van der Waals surface area contributed by atoms with Gasteiger partial charge in [-0.25, -0.2) is 4.79 Å². The van der Waals surface area contributed by atoms with Gasteiger partial charge in [0.15, 0.2) is 0 Å². The van der Waals surface area contributed by atoms with Crippen LogP contribution in [0.4, 0.5) is 10.5 Å². The van der Waals surface area contributed by atoms with Gasteiger partial charge in [-0.3, -0.25) is 4.90 Å². The highest BCUT2D eigenvalue weighted by Crippen LogP contribution is 2.36. The molecule has 2 aromatic carbocycles. The van der Waals surface area contributed by atoms with Crippen molar-refractivity contribution >= 4 is 23.3 Å². The molecular weight excluding hydrogens is 422 g/mol. The van der Waals surface area contributed by atoms with Gasteiger partial charge in [-0.2, -0.15) is 0 Å². The lowest BCUT2D eigenvalue weighted by molar-refractivity contribution is 0.0532. The Balaban J connectivity index is 1.23. The van der Waals surface area contributed by atoms with Crippen LogP contribution < -0.4 is 10.1 Å². The molecule has 1 aliphatic carbocycles. The predicted molar refractivity (Wildman–Crippen MR) is 131 cm³/mol. The smallest absolute Gasteiger partial charge is 0.321 e. The summed E-state index contributed by atoms with van der Waals surface area (Å²) in [5.41, 5.74) is 4.37. The van der Waals surface area contributed by atoms with Crippen molar-refractivity contribution in [2.45, 2.75) is 52.2 Å². The molecule has 0 bridgehead atoms. The van der Waals surface area contributed by atoms with Crippen molar-refractivity contribution in [2.24, 2.45) is 5.92 Å². The average Bonchev–Trinajstić information content (AvgIpc) is 3.24. The fraction of sp³-hybridized carbons (Fsp3) is 0.500. The van der Waals surface area contributed by atoms with Gasteiger partial charge in [0.25, 0.3) is 0 Å². The summed E-state index contributed by atoms with van der Waals surface area (Å²) in [7, 11) is 1.85. The molecule has 2 aromatic rings. The van der Waals surface area contributed by atoms with Gasteiger partial charge in [0, 0.05) is 25.8 Å². The van der Waals surface area contributed by atoms with Gasteiger partial charge in [0.1, 0.15) is 5.75 Å². The molecule has 1 N–H and O–H groups in total. The first-order chi connectivity index (χ1) is 15.4. The summed E-state index contributed by atoms with van der Waals surface area (Å²) in [6.45, 7) is 8.03. The number of benzene rings is 2. The molecule has 0 radical (unpaired) electrons. The quantitative estimate of drug-likeness (QED) is 0.567. The molecule has 172 valence electrons. The van der Waals surface area contributed by atoms with Crippen LogP contribution in [0.15, 0.2) is 36.4 Å². The topological polar surface area (TPSA) is 44.8 Å². The van der Waals surface area contributed by atoms with Crippen LogP contribution in [0.5, 0.6) is 5.75 Å². The number of hydrogen-bond acceptors (Lipinski definition) is 3. The Labute approximate surface area is 196 Å². The van der Waals surface area contributed by atoms with Crippen LogP contribution >= 0.6 is 11.6 Å². The molecule has 0 aromatic heterocycles. The Bertz CT molecular complexity index is 952. The lowest BCUT2D eigenvalue weighted by atomic mass is 9.82. The second-order valence-electron chi connectivity index (χ2n) is 9.40. The maximum Gasteiger partial charge on any atom is 0.321 e. The highest BCUT2D eigenvalue weighted by atomic mass is 35.5. The average molecular weight is 456 g/mol. The summed E-state index contributed by atoms with van der Waals surface area (Å²) in [5, 5.41) is 3.74. The summed E-state index contributed by atoms with van der Waals surface area (Å²) < 4.78 is 6.21. The number of aryl methyl sites for hydroxylation is 2. The van der Waals surface area contributed by atoms with E-state index < -0.39 is 0 Å². The van der Waals surface area contributed by atoms with E-state index in [0.717, 1.165) is 61.0 Å². The Morgan fingerprint density at radius 2 is 1.91 bits per heavy atom. The molecular formula is C26H34ClN3O2. The number of rotatable bonds is 7. The highest BCUT2D eigenvalue weighted by molar-refractivity contribution is 6.32. The van der Waals surface area contributed by atoms with Gasteiger partial charge in [-0.15, -0.1) is 0 Å². The molecule has 1 heterocycles. The number of carbonyl (C=O) groups is 1. The fourth-order valence-corrected chi connectivity index (χ4v) is 4.79. The summed E-state index contributed by atoms with van der Waals surface area (Å²) in [6, 6.07) is 12.0. The zero-order valence-corrected chi connectivity index (χ0v) is 20.1. The molecule has 5 nitrogen and oxygen atoms in total. The Morgan fingerprint density at radius 1 is 1.16 bits per heavy atom. The second kappa shape index (κ2) is 10.1. The van der Waals surface area contributed by atoms with Crippen LogP contribution in [0, 0.1) is 19.8 Å². The molecule has 32 heavy (non-hydrogen) atoms. The minimum atomic E-state index is -0.0738. The lowest BCUT2D eigenvalue weighted by Gasteiger charge is -2.37. The molecule has 1 saturated carbocycles. The number of urea groups is 1. The third-order valence-corrected chi connectivity index (χ3v) is 7.19. The van der Waals surface area contributed by atoms with Crippen molar-refractivity contribution in [1.82, 2.24) is 9.80 Å². The van der Waals surface area contributed by atoms with Crippen LogP contribution in [0.3, 0.4) is 0 Å². The maximum absolute atomic E-state index is 12.5. The minimum Gasteiger partial charge on any atom is -0.489 e. The van der Waals surface area contributed by atoms with Crippen LogP contribution in [-0.2, 0) is 6.54 Å². The van der Waals surface area contributed by atoms with E-state index in [1.54, 1.807) is 4.90 Å². The third-order valence-electron chi connectivity index (χ3n) is 6.76. The van der Waals surface area contributed by atoms with E-state index in [0.29, 0.717) is 5.92 Å². The maximum atomic E-state index is 12.5. The van der Waals surface area contributed by atoms with E-state index in [9.17, 15) is 4.79 Å². The Hall–Kier alpha value is -2.24. The van der Waals surface area contributed by atoms with Gasteiger partial charge in [0.05, 0.1) is 11.1 Å². The third kappa shape index (κ3) is 5.57. The number of nitrogens with zero attached hydrogens (tertiary/aromatic N) is 2. The first-order valence-corrected chi connectivity index (χ1v) is 12.0. The zero-order valence-electron chi connectivity index (χ0n) is 19.4. The predicted octanol–water partition coefficient (Wildman–Crippen LogP) is 5.87. The number of ether oxygens (including phenoxy) is 1. The molecule has 0 unspecified atom stereocenters. The summed E-state index contributed by atoms with van der Waals surface area (Å²) in [4.78, 5) is 16.8. The van der Waals surface area contributed by atoms with E-state index in [1.807, 2.05) is 37.4 Å². The number of anilines is 1. The van der Waals surface area contributed by atoms with Gasteiger partial charge in [0.2, 0.25) is 0 Å². The van der Waals surface area contributed by atoms with Crippen molar-refractivity contribution < 1.29 is 9.53 Å². The molecule has 2 aliphatic rings. The minimum absolute atomic E-state index is 0.0738. The lowest BCUT2D eigenvalue weighted by Crippen LogP contribution is -2.43. The normalized spacial score (nSPS) is 20.6. The van der Waals surface area contributed by atoms with Gasteiger partial charge in [-0.05, 0) is 93.4 Å². The number of nitrogens with one attached hydrogen (secondary N) is 1. The van der Waals surface area contributed by atoms with Crippen LogP contribution in [-0.4, -0.2) is 48.6 Å². The van der Waals surface area contributed by atoms with Crippen molar-refractivity contribution in [3.8, 4) is 5.75 Å². The number of likely N-dealkylation sites (tertiary alicyclic amines) is 1. The van der Waals surface area contributed by atoms with Crippen molar-refractivity contribution in [1.29, 1.82) is 0 Å². The number of carbonyl (C=O) groups excluding carboxylic acids is 1. The summed E-state index contributed by atoms with van der Waals surface area (Å²) >= 11 is 6.66. The molecule has 1 saturated heterocycles. The molecule has 0 spiro atoms. The standard InChI is InChI=1S/C26H34ClN3O2/c1-18-9-10-22(13-19(18)2)28-26(31)29(3)16-20-14-23(15-20)32-24-8-6-7-21(25(24)27)17-30-11-4-5-12-30/h6-10,13,20,23H,4-5,11-12,14-17H2,1-3H3,(H,28,31). The van der Waals surface area contributed by atoms with E-state index in [4.69, 9.17) is 16.3 Å². The largest absolute Gasteiger partial charge is 0.489 e. The summed E-state index contributed by atoms with van der Waals surface area (Å²) in [6.07, 6.45) is 4.58. The van der Waals surface area contributed by atoms with E-state index in [1.165, 1.54) is 24.0 Å². The van der Waals surface area contributed by atoms with Crippen molar-refractivity contribution in [3.63, 3.8) is 0 Å². The molecule has 2 amide bonds.